The number of anilines is 1. The van der Waals surface area contributed by atoms with Crippen LogP contribution in [0.15, 0.2) is 48.7 Å². The van der Waals surface area contributed by atoms with Crippen molar-refractivity contribution in [3.8, 4) is 5.75 Å². The molecule has 2 aromatic carbocycles. The van der Waals surface area contributed by atoms with Crippen LogP contribution in [0.3, 0.4) is 0 Å². The zero-order chi connectivity index (χ0) is 23.8. The third-order valence-electron chi connectivity index (χ3n) is 5.89. The number of thiocarbonyl (C=S) groups is 1. The quantitative estimate of drug-likeness (QED) is 0.250. The molecule has 0 spiro atoms. The summed E-state index contributed by atoms with van der Waals surface area (Å²) in [6.07, 6.45) is 2.44. The summed E-state index contributed by atoms with van der Waals surface area (Å²) in [7, 11) is 0. The molecule has 1 aliphatic rings. The first kappa shape index (κ1) is 23.0. The van der Waals surface area contributed by atoms with Crippen LogP contribution >= 0.6 is 23.8 Å². The fraction of sp³-hybridized carbons (Fsp3) is 0.280. The van der Waals surface area contributed by atoms with E-state index < -0.39 is 5.54 Å². The normalized spacial score (nSPS) is 15.2. The minimum Gasteiger partial charge on any atom is -0.493 e. The van der Waals surface area contributed by atoms with E-state index in [0.29, 0.717) is 46.6 Å². The van der Waals surface area contributed by atoms with Crippen LogP contribution < -0.4 is 9.64 Å². The number of rotatable bonds is 6. The zero-order valence-electron chi connectivity index (χ0n) is 18.6. The number of carbonyl (C=O) groups is 1. The van der Waals surface area contributed by atoms with Crippen LogP contribution in [0.2, 0.25) is 5.02 Å². The van der Waals surface area contributed by atoms with Crippen molar-refractivity contribution in [3.63, 3.8) is 0 Å². The van der Waals surface area contributed by atoms with Crippen molar-refractivity contribution in [2.45, 2.75) is 32.7 Å². The second-order valence-electron chi connectivity index (χ2n) is 8.35. The second kappa shape index (κ2) is 8.97. The SMILES string of the molecule is [C-]#[N+]c1ccc(N2C(=O)C(C)(C)N(CCCOc3ccc4cccnc4c3)C2=S)c(C)c1Cl. The summed E-state index contributed by atoms with van der Waals surface area (Å²) >= 11 is 12.1. The van der Waals surface area contributed by atoms with E-state index in [4.69, 9.17) is 35.1 Å². The number of aromatic nitrogens is 1. The van der Waals surface area contributed by atoms with E-state index in [1.807, 2.05) is 49.1 Å². The topological polar surface area (TPSA) is 50.0 Å². The lowest BCUT2D eigenvalue weighted by molar-refractivity contribution is -0.123. The third kappa shape index (κ3) is 4.12. The van der Waals surface area contributed by atoms with Crippen LogP contribution in [0.1, 0.15) is 25.8 Å². The van der Waals surface area contributed by atoms with Gasteiger partial charge in [0.05, 0.1) is 29.4 Å². The van der Waals surface area contributed by atoms with E-state index in [1.54, 1.807) is 25.3 Å². The number of ether oxygens (including phenoxy) is 1. The monoisotopic (exact) mass is 478 g/mol. The number of nitrogens with zero attached hydrogens (tertiary/aromatic N) is 4. The highest BCUT2D eigenvalue weighted by Gasteiger charge is 2.49. The fourth-order valence-corrected chi connectivity index (χ4v) is 4.66. The number of pyridine rings is 1. The molecule has 4 rings (SSSR count). The number of hydrogen-bond donors (Lipinski definition) is 0. The predicted molar refractivity (Wildman–Crippen MR) is 135 cm³/mol. The Balaban J connectivity index is 1.46. The van der Waals surface area contributed by atoms with Crippen LogP contribution in [0.25, 0.3) is 15.7 Å². The van der Waals surface area contributed by atoms with E-state index >= 15 is 0 Å². The molecular weight excluding hydrogens is 456 g/mol. The maximum absolute atomic E-state index is 13.3. The van der Waals surface area contributed by atoms with Crippen LogP contribution in [-0.4, -0.2) is 39.6 Å². The molecule has 1 amide bonds. The highest BCUT2D eigenvalue weighted by molar-refractivity contribution is 7.80. The third-order valence-corrected chi connectivity index (χ3v) is 6.77. The zero-order valence-corrected chi connectivity index (χ0v) is 20.2. The van der Waals surface area contributed by atoms with Crippen molar-refractivity contribution in [2.75, 3.05) is 18.1 Å². The summed E-state index contributed by atoms with van der Waals surface area (Å²) in [5.41, 5.74) is 1.70. The van der Waals surface area contributed by atoms with Gasteiger partial charge in [0.2, 0.25) is 5.69 Å². The fourth-order valence-electron chi connectivity index (χ4n) is 3.96. The Morgan fingerprint density at radius 1 is 1.24 bits per heavy atom. The minimum absolute atomic E-state index is 0.122. The van der Waals surface area contributed by atoms with Crippen molar-refractivity contribution < 1.29 is 9.53 Å². The summed E-state index contributed by atoms with van der Waals surface area (Å²) in [5, 5.41) is 1.83. The lowest BCUT2D eigenvalue weighted by atomic mass is 10.0. The van der Waals surface area contributed by atoms with Gasteiger partial charge in [-0.15, -0.1) is 0 Å². The van der Waals surface area contributed by atoms with E-state index in [-0.39, 0.29) is 5.91 Å². The number of hydrogen-bond acceptors (Lipinski definition) is 4. The number of carbonyl (C=O) groups excluding carboxylic acids is 1. The molecule has 168 valence electrons. The minimum atomic E-state index is -0.804. The van der Waals surface area contributed by atoms with Crippen LogP contribution in [0.4, 0.5) is 11.4 Å². The Kier molecular flexibility index (Phi) is 6.24. The number of amides is 1. The van der Waals surface area contributed by atoms with Crippen molar-refractivity contribution in [3.05, 3.63) is 70.7 Å². The molecule has 3 aromatic rings. The van der Waals surface area contributed by atoms with Gasteiger partial charge in [-0.25, -0.2) is 4.85 Å². The lowest BCUT2D eigenvalue weighted by Crippen LogP contribution is -2.44. The van der Waals surface area contributed by atoms with Gasteiger partial charge in [-0.3, -0.25) is 14.7 Å². The van der Waals surface area contributed by atoms with E-state index in [2.05, 4.69) is 9.83 Å². The molecular formula is C25H23ClN4O2S. The largest absolute Gasteiger partial charge is 0.493 e. The van der Waals surface area contributed by atoms with Gasteiger partial charge in [0, 0.05) is 24.2 Å². The van der Waals surface area contributed by atoms with Crippen molar-refractivity contribution >= 4 is 57.1 Å². The summed E-state index contributed by atoms with van der Waals surface area (Å²) in [6.45, 7) is 13.8. The van der Waals surface area contributed by atoms with Gasteiger partial charge in [-0.1, -0.05) is 23.7 Å². The summed E-state index contributed by atoms with van der Waals surface area (Å²) in [5.74, 6) is 0.635. The van der Waals surface area contributed by atoms with Gasteiger partial charge in [0.25, 0.3) is 5.91 Å². The number of benzene rings is 2. The van der Waals surface area contributed by atoms with Crippen LogP contribution in [0, 0.1) is 13.5 Å². The Morgan fingerprint density at radius 2 is 2.03 bits per heavy atom. The molecule has 1 aliphatic heterocycles. The molecule has 0 unspecified atom stereocenters. The first-order chi connectivity index (χ1) is 15.8. The first-order valence-corrected chi connectivity index (χ1v) is 11.3. The first-order valence-electron chi connectivity index (χ1n) is 10.6. The summed E-state index contributed by atoms with van der Waals surface area (Å²) in [6, 6.07) is 13.1. The molecule has 8 heteroatoms. The molecule has 33 heavy (non-hydrogen) atoms. The molecule has 1 aromatic heterocycles. The Morgan fingerprint density at radius 3 is 2.79 bits per heavy atom. The van der Waals surface area contributed by atoms with Gasteiger partial charge in [-0.05, 0) is 69.2 Å². The Hall–Kier alpha value is -3.21. The van der Waals surface area contributed by atoms with Crippen molar-refractivity contribution in [2.24, 2.45) is 0 Å². The maximum atomic E-state index is 13.3. The van der Waals surface area contributed by atoms with Gasteiger partial charge < -0.3 is 9.64 Å². The average molecular weight is 479 g/mol. The number of fused-ring (bicyclic) bond motifs is 1. The molecule has 0 radical (unpaired) electrons. The van der Waals surface area contributed by atoms with Crippen LogP contribution in [-0.2, 0) is 4.79 Å². The van der Waals surface area contributed by atoms with Gasteiger partial charge in [0.1, 0.15) is 11.3 Å². The van der Waals surface area contributed by atoms with Gasteiger partial charge in [0.15, 0.2) is 5.11 Å². The second-order valence-corrected chi connectivity index (χ2v) is 9.09. The molecule has 0 N–H and O–H groups in total. The standard InChI is InChI=1S/C25H23ClN4O2S/c1-16-21(11-10-19(27-4)22(16)26)30-23(31)25(2,3)29(24(30)33)13-6-14-32-18-9-8-17-7-5-12-28-20(17)15-18/h5,7-12,15H,6,13-14H2,1-3H3. The Labute approximate surface area is 203 Å². The van der Waals surface area contributed by atoms with Crippen molar-refractivity contribution in [1.82, 2.24) is 9.88 Å². The van der Waals surface area contributed by atoms with Gasteiger partial charge >= 0.3 is 0 Å². The van der Waals surface area contributed by atoms with Crippen molar-refractivity contribution in [1.29, 1.82) is 0 Å². The van der Waals surface area contributed by atoms with E-state index in [0.717, 1.165) is 16.7 Å². The molecule has 1 fully saturated rings. The molecule has 0 saturated carbocycles. The average Bonchev–Trinajstić information content (AvgIpc) is 2.97. The molecule has 6 nitrogen and oxygen atoms in total. The molecule has 1 saturated heterocycles. The molecule has 0 atom stereocenters. The highest BCUT2D eigenvalue weighted by Crippen LogP contribution is 2.39. The van der Waals surface area contributed by atoms with Gasteiger partial charge in [-0.2, -0.15) is 0 Å². The van der Waals surface area contributed by atoms with E-state index in [1.165, 1.54) is 4.90 Å². The lowest BCUT2D eigenvalue weighted by Gasteiger charge is -2.29. The summed E-state index contributed by atoms with van der Waals surface area (Å²) in [4.78, 5) is 24.5. The smallest absolute Gasteiger partial charge is 0.258 e. The Bertz CT molecular complexity index is 1300. The molecule has 2 heterocycles. The van der Waals surface area contributed by atoms with E-state index in [9.17, 15) is 4.79 Å². The maximum Gasteiger partial charge on any atom is 0.258 e. The van der Waals surface area contributed by atoms with Crippen LogP contribution in [0.5, 0.6) is 5.75 Å². The molecule has 0 bridgehead atoms. The molecule has 0 aliphatic carbocycles. The summed E-state index contributed by atoms with van der Waals surface area (Å²) < 4.78 is 5.92. The number of halogens is 1. The predicted octanol–water partition coefficient (Wildman–Crippen LogP) is 5.93. The highest BCUT2D eigenvalue weighted by atomic mass is 35.5.